The van der Waals surface area contributed by atoms with E-state index in [9.17, 15) is 18.0 Å². The van der Waals surface area contributed by atoms with E-state index in [1.807, 2.05) is 0 Å². The highest BCUT2D eigenvalue weighted by atomic mass is 19.4. The van der Waals surface area contributed by atoms with Crippen LogP contribution in [0.2, 0.25) is 0 Å². The predicted molar refractivity (Wildman–Crippen MR) is 63.5 cm³/mol. The second kappa shape index (κ2) is 6.12. The summed E-state index contributed by atoms with van der Waals surface area (Å²) in [6, 6.07) is 0. The van der Waals surface area contributed by atoms with Crippen molar-refractivity contribution in [1.29, 1.82) is 0 Å². The van der Waals surface area contributed by atoms with Crippen molar-refractivity contribution in [2.75, 3.05) is 21.0 Å². The maximum atomic E-state index is 13.1. The number of ketones is 1. The van der Waals surface area contributed by atoms with Crippen LogP contribution in [0.1, 0.15) is 40.7 Å². The molecule has 0 aliphatic heterocycles. The average Bonchev–Trinajstić information content (AvgIpc) is 2.79. The number of Topliss-reactive ketones (excluding diaryl/α,β-unsaturated/α-hetero) is 1. The van der Waals surface area contributed by atoms with Crippen molar-refractivity contribution in [3.63, 3.8) is 0 Å². The molecule has 1 aliphatic carbocycles. The number of alkyl halides is 3. The molecule has 118 valence electrons. The van der Waals surface area contributed by atoms with E-state index in [4.69, 9.17) is 14.2 Å². The topological polar surface area (TPSA) is 62.6 Å². The minimum absolute atomic E-state index is 0.0914. The standard InChI is InChI=1S/C12H15F3N2O4/c1-19-5-17-10-7(18)3-4-8(21-6-20-2)9(10)11(16-17)12(13,14)15/h8H,3-6H2,1-2H3. The lowest BCUT2D eigenvalue weighted by Gasteiger charge is -2.23. The molecule has 0 amide bonds. The molecule has 0 bridgehead atoms. The van der Waals surface area contributed by atoms with Gasteiger partial charge in [-0.25, -0.2) is 4.68 Å². The molecule has 0 saturated carbocycles. The van der Waals surface area contributed by atoms with Crippen molar-refractivity contribution in [3.8, 4) is 0 Å². The molecule has 9 heteroatoms. The Kier molecular flexibility index (Phi) is 4.64. The molecular formula is C12H15F3N2O4. The SMILES string of the molecule is COCOC1CCC(=O)c2c1c(C(F)(F)F)nn2COC. The molecule has 0 saturated heterocycles. The molecule has 1 aromatic rings. The number of methoxy groups -OCH3 is 2. The van der Waals surface area contributed by atoms with Crippen LogP contribution in [0.4, 0.5) is 13.2 Å². The molecule has 1 unspecified atom stereocenters. The third-order valence-corrected chi connectivity index (χ3v) is 3.12. The van der Waals surface area contributed by atoms with Gasteiger partial charge in [-0.05, 0) is 6.42 Å². The number of nitrogens with zero attached hydrogens (tertiary/aromatic N) is 2. The lowest BCUT2D eigenvalue weighted by Crippen LogP contribution is -2.22. The second-order valence-electron chi connectivity index (χ2n) is 4.55. The monoisotopic (exact) mass is 308 g/mol. The molecular weight excluding hydrogens is 293 g/mol. The van der Waals surface area contributed by atoms with Gasteiger partial charge in [-0.15, -0.1) is 0 Å². The number of ether oxygens (including phenoxy) is 3. The van der Waals surface area contributed by atoms with Gasteiger partial charge in [0.05, 0.1) is 6.10 Å². The average molecular weight is 308 g/mol. The fraction of sp³-hybridized carbons (Fsp3) is 0.667. The Bertz CT molecular complexity index is 527. The van der Waals surface area contributed by atoms with Crippen molar-refractivity contribution >= 4 is 5.78 Å². The normalized spacial score (nSPS) is 18.9. The number of carbonyl (C=O) groups excluding carboxylic acids is 1. The Morgan fingerprint density at radius 3 is 2.62 bits per heavy atom. The van der Waals surface area contributed by atoms with E-state index in [1.54, 1.807) is 0 Å². The second-order valence-corrected chi connectivity index (χ2v) is 4.55. The highest BCUT2D eigenvalue weighted by molar-refractivity contribution is 5.97. The molecule has 21 heavy (non-hydrogen) atoms. The summed E-state index contributed by atoms with van der Waals surface area (Å²) in [5.41, 5.74) is -1.44. The van der Waals surface area contributed by atoms with Crippen LogP contribution >= 0.6 is 0 Å². The first-order chi connectivity index (χ1) is 9.90. The van der Waals surface area contributed by atoms with Crippen LogP contribution in [0, 0.1) is 0 Å². The lowest BCUT2D eigenvalue weighted by atomic mass is 9.91. The summed E-state index contributed by atoms with van der Waals surface area (Å²) in [6.07, 6.45) is -5.29. The van der Waals surface area contributed by atoms with Crippen molar-refractivity contribution in [2.45, 2.75) is 31.9 Å². The van der Waals surface area contributed by atoms with Crippen LogP contribution in [0.25, 0.3) is 0 Å². The van der Waals surface area contributed by atoms with Gasteiger partial charge in [-0.1, -0.05) is 0 Å². The van der Waals surface area contributed by atoms with Gasteiger partial charge in [0.2, 0.25) is 0 Å². The maximum Gasteiger partial charge on any atom is 0.435 e. The van der Waals surface area contributed by atoms with E-state index in [0.29, 0.717) is 0 Å². The number of hydrogen-bond donors (Lipinski definition) is 0. The summed E-state index contributed by atoms with van der Waals surface area (Å²) in [5, 5.41) is 3.49. The number of aromatic nitrogens is 2. The van der Waals surface area contributed by atoms with Gasteiger partial charge in [0, 0.05) is 26.2 Å². The molecule has 1 aliphatic rings. The summed E-state index contributed by atoms with van der Waals surface area (Å²) < 4.78 is 55.1. The first-order valence-corrected chi connectivity index (χ1v) is 6.20. The van der Waals surface area contributed by atoms with Gasteiger partial charge in [-0.2, -0.15) is 18.3 Å². The van der Waals surface area contributed by atoms with Gasteiger partial charge >= 0.3 is 6.18 Å². The van der Waals surface area contributed by atoms with Crippen LogP contribution in [-0.2, 0) is 27.1 Å². The summed E-state index contributed by atoms with van der Waals surface area (Å²) in [6.45, 7) is -0.397. The highest BCUT2D eigenvalue weighted by Gasteiger charge is 2.44. The molecule has 1 heterocycles. The Morgan fingerprint density at radius 2 is 2.05 bits per heavy atom. The van der Waals surface area contributed by atoms with Crippen molar-refractivity contribution < 1.29 is 32.2 Å². The van der Waals surface area contributed by atoms with E-state index in [1.165, 1.54) is 14.2 Å². The molecule has 0 radical (unpaired) electrons. The first-order valence-electron chi connectivity index (χ1n) is 6.20. The van der Waals surface area contributed by atoms with Gasteiger partial charge < -0.3 is 14.2 Å². The molecule has 0 N–H and O–H groups in total. The van der Waals surface area contributed by atoms with Crippen LogP contribution in [0.5, 0.6) is 0 Å². The number of carbonyl (C=O) groups is 1. The van der Waals surface area contributed by atoms with Crippen LogP contribution in [-0.4, -0.2) is 36.6 Å². The number of hydrogen-bond acceptors (Lipinski definition) is 5. The summed E-state index contributed by atoms with van der Waals surface area (Å²) in [4.78, 5) is 12.0. The van der Waals surface area contributed by atoms with Gasteiger partial charge in [-0.3, -0.25) is 4.79 Å². The summed E-state index contributed by atoms with van der Waals surface area (Å²) in [5.74, 6) is -0.401. The molecule has 0 fully saturated rings. The molecule has 0 aromatic carbocycles. The molecule has 2 rings (SSSR count). The number of fused-ring (bicyclic) bond motifs is 1. The quantitative estimate of drug-likeness (QED) is 0.780. The van der Waals surface area contributed by atoms with Crippen LogP contribution in [0.3, 0.4) is 0 Å². The van der Waals surface area contributed by atoms with Gasteiger partial charge in [0.15, 0.2) is 11.5 Å². The Labute approximate surface area is 118 Å². The first kappa shape index (κ1) is 15.9. The van der Waals surface area contributed by atoms with E-state index in [2.05, 4.69) is 5.10 Å². The minimum Gasteiger partial charge on any atom is -0.362 e. The van der Waals surface area contributed by atoms with Crippen LogP contribution < -0.4 is 0 Å². The molecule has 0 spiro atoms. The lowest BCUT2D eigenvalue weighted by molar-refractivity contribution is -0.145. The van der Waals surface area contributed by atoms with Gasteiger partial charge in [0.1, 0.15) is 19.2 Å². The predicted octanol–water partition coefficient (Wildman–Crippen LogP) is 2.14. The fourth-order valence-corrected chi connectivity index (χ4v) is 2.34. The van der Waals surface area contributed by atoms with Crippen molar-refractivity contribution in [3.05, 3.63) is 17.0 Å². The van der Waals surface area contributed by atoms with E-state index in [0.717, 1.165) is 4.68 Å². The Balaban J connectivity index is 2.53. The van der Waals surface area contributed by atoms with E-state index < -0.39 is 23.8 Å². The zero-order valence-electron chi connectivity index (χ0n) is 11.6. The Hall–Kier alpha value is -1.45. The highest BCUT2D eigenvalue weighted by Crippen LogP contribution is 2.41. The molecule has 1 atom stereocenters. The number of halogens is 3. The maximum absolute atomic E-state index is 13.1. The smallest absolute Gasteiger partial charge is 0.362 e. The van der Waals surface area contributed by atoms with Crippen molar-refractivity contribution in [1.82, 2.24) is 9.78 Å². The van der Waals surface area contributed by atoms with Crippen molar-refractivity contribution in [2.24, 2.45) is 0 Å². The fourth-order valence-electron chi connectivity index (χ4n) is 2.34. The van der Waals surface area contributed by atoms with Crippen LogP contribution in [0.15, 0.2) is 0 Å². The van der Waals surface area contributed by atoms with E-state index in [-0.39, 0.29) is 37.6 Å². The summed E-state index contributed by atoms with van der Waals surface area (Å²) >= 11 is 0. The molecule has 1 aromatic heterocycles. The Morgan fingerprint density at radius 1 is 1.33 bits per heavy atom. The van der Waals surface area contributed by atoms with E-state index >= 15 is 0 Å². The minimum atomic E-state index is -4.67. The largest absolute Gasteiger partial charge is 0.435 e. The zero-order chi connectivity index (χ0) is 15.6. The third-order valence-electron chi connectivity index (χ3n) is 3.12. The molecule has 6 nitrogen and oxygen atoms in total. The summed E-state index contributed by atoms with van der Waals surface area (Å²) in [7, 11) is 2.68. The number of rotatable bonds is 5. The van der Waals surface area contributed by atoms with Gasteiger partial charge in [0.25, 0.3) is 0 Å². The zero-order valence-corrected chi connectivity index (χ0v) is 11.6. The third kappa shape index (κ3) is 3.09.